The first kappa shape index (κ1) is 30.8. The molecular formula is C15H36N3O5P. The van der Waals surface area contributed by atoms with E-state index in [1.165, 1.54) is 44.9 Å². The molecule has 0 aliphatic heterocycles. The number of phosphoric acid groups is 1. The fourth-order valence-corrected chi connectivity index (χ4v) is 1.99. The molecule has 9 heteroatoms. The Morgan fingerprint density at radius 2 is 1.25 bits per heavy atom. The zero-order valence-corrected chi connectivity index (χ0v) is 15.6. The lowest BCUT2D eigenvalue weighted by Crippen LogP contribution is -1.87. The summed E-state index contributed by atoms with van der Waals surface area (Å²) in [5.74, 6) is 0.452. The predicted molar refractivity (Wildman–Crippen MR) is 99.1 cm³/mol. The maximum atomic E-state index is 9.58. The molecule has 0 fully saturated rings. The number of aryl methyl sites for hydroxylation is 1. The second-order valence-electron chi connectivity index (χ2n) is 5.01. The predicted octanol–water partition coefficient (Wildman–Crippen LogP) is 4.24. The molecule has 8 nitrogen and oxygen atoms in total. The Hall–Kier alpha value is -0.990. The van der Waals surface area contributed by atoms with Crippen molar-refractivity contribution in [2.45, 2.75) is 58.3 Å². The highest BCUT2D eigenvalue weighted by molar-refractivity contribution is 7.45. The Labute approximate surface area is 145 Å². The standard InChI is InChI=1S/C15H24O.3H3N.H3O4P/c1-2-3-4-5-6-7-8-11-14-12-9-10-13-15(14)16;;;;1-5(2,3)4/h9-10,12-13,16H,2-8,11H2,1H3;3*1H3;(H3,1,2,3,4). The molecule has 0 saturated heterocycles. The molecule has 0 radical (unpaired) electrons. The Balaban J connectivity index is -0.000000221. The van der Waals surface area contributed by atoms with Gasteiger partial charge in [0.15, 0.2) is 0 Å². The average molecular weight is 369 g/mol. The van der Waals surface area contributed by atoms with E-state index in [4.69, 9.17) is 19.2 Å². The van der Waals surface area contributed by atoms with Gasteiger partial charge in [0.05, 0.1) is 0 Å². The second-order valence-corrected chi connectivity index (χ2v) is 6.04. The zero-order valence-electron chi connectivity index (χ0n) is 14.7. The van der Waals surface area contributed by atoms with Gasteiger partial charge in [-0.05, 0) is 24.5 Å². The first-order valence-corrected chi connectivity index (χ1v) is 8.96. The molecule has 0 saturated carbocycles. The summed E-state index contributed by atoms with van der Waals surface area (Å²) in [6.45, 7) is 2.25. The topological polar surface area (TPSA) is 203 Å². The lowest BCUT2D eigenvalue weighted by atomic mass is 10.0. The van der Waals surface area contributed by atoms with Crippen LogP contribution in [0.3, 0.4) is 0 Å². The molecule has 0 aromatic heterocycles. The van der Waals surface area contributed by atoms with E-state index in [9.17, 15) is 5.11 Å². The van der Waals surface area contributed by atoms with Gasteiger partial charge in [-0.25, -0.2) is 4.57 Å². The van der Waals surface area contributed by atoms with Crippen LogP contribution in [0, 0.1) is 0 Å². The van der Waals surface area contributed by atoms with E-state index in [1.807, 2.05) is 18.2 Å². The molecule has 0 aliphatic carbocycles. The number of rotatable bonds is 8. The number of benzene rings is 1. The summed E-state index contributed by atoms with van der Waals surface area (Å²) in [5.41, 5.74) is 1.09. The number of hydrogen-bond acceptors (Lipinski definition) is 5. The van der Waals surface area contributed by atoms with Gasteiger partial charge >= 0.3 is 7.82 Å². The number of hydrogen-bond donors (Lipinski definition) is 7. The molecule has 0 unspecified atom stereocenters. The minimum Gasteiger partial charge on any atom is -0.508 e. The van der Waals surface area contributed by atoms with Crippen LogP contribution < -0.4 is 18.5 Å². The van der Waals surface area contributed by atoms with Crippen molar-refractivity contribution in [3.8, 4) is 5.75 Å². The molecule has 0 spiro atoms. The average Bonchev–Trinajstić information content (AvgIpc) is 2.38. The third kappa shape index (κ3) is 23.3. The van der Waals surface area contributed by atoms with Gasteiger partial charge in [-0.15, -0.1) is 0 Å². The smallest absolute Gasteiger partial charge is 0.466 e. The third-order valence-electron chi connectivity index (χ3n) is 3.04. The molecule has 0 atom stereocenters. The van der Waals surface area contributed by atoms with Crippen molar-refractivity contribution in [3.05, 3.63) is 29.8 Å². The molecule has 0 bridgehead atoms. The first-order valence-electron chi connectivity index (χ1n) is 7.39. The van der Waals surface area contributed by atoms with Crippen LogP contribution in [-0.4, -0.2) is 19.8 Å². The molecule has 13 N–H and O–H groups in total. The SMILES string of the molecule is CCCCCCCCCc1ccccc1O.N.N.N.O=P(O)(O)O. The van der Waals surface area contributed by atoms with Crippen molar-refractivity contribution in [1.29, 1.82) is 0 Å². The summed E-state index contributed by atoms with van der Waals surface area (Å²) < 4.78 is 8.88. The summed E-state index contributed by atoms with van der Waals surface area (Å²) in [6, 6.07) is 7.67. The van der Waals surface area contributed by atoms with Gasteiger partial charge in [-0.1, -0.05) is 63.6 Å². The van der Waals surface area contributed by atoms with E-state index >= 15 is 0 Å². The van der Waals surface area contributed by atoms with E-state index in [0.29, 0.717) is 5.75 Å². The van der Waals surface area contributed by atoms with Crippen LogP contribution in [0.2, 0.25) is 0 Å². The van der Waals surface area contributed by atoms with Crippen LogP contribution in [-0.2, 0) is 11.0 Å². The molecule has 0 amide bonds. The number of phenols is 1. The van der Waals surface area contributed by atoms with Crippen molar-refractivity contribution < 1.29 is 24.4 Å². The summed E-state index contributed by atoms with van der Waals surface area (Å²) >= 11 is 0. The molecule has 146 valence electrons. The Morgan fingerprint density at radius 1 is 0.833 bits per heavy atom. The van der Waals surface area contributed by atoms with Crippen LogP contribution in [0.25, 0.3) is 0 Å². The van der Waals surface area contributed by atoms with E-state index in [2.05, 4.69) is 6.92 Å². The molecule has 1 aromatic carbocycles. The normalized spacial score (nSPS) is 9.50. The summed E-state index contributed by atoms with van der Waals surface area (Å²) in [4.78, 5) is 21.6. The Morgan fingerprint density at radius 3 is 1.71 bits per heavy atom. The highest BCUT2D eigenvalue weighted by Crippen LogP contribution is 2.25. The quantitative estimate of drug-likeness (QED) is 0.260. The fraction of sp³-hybridized carbons (Fsp3) is 0.600. The number of unbranched alkanes of at least 4 members (excludes halogenated alkanes) is 6. The van der Waals surface area contributed by atoms with E-state index < -0.39 is 7.82 Å². The molecular weight excluding hydrogens is 333 g/mol. The summed E-state index contributed by atoms with van der Waals surface area (Å²) in [6.07, 6.45) is 10.3. The van der Waals surface area contributed by atoms with Gasteiger partial charge in [0.25, 0.3) is 0 Å². The van der Waals surface area contributed by atoms with E-state index in [-0.39, 0.29) is 18.5 Å². The van der Waals surface area contributed by atoms with Gasteiger partial charge in [-0.3, -0.25) is 0 Å². The van der Waals surface area contributed by atoms with E-state index in [0.717, 1.165) is 12.0 Å². The van der Waals surface area contributed by atoms with Crippen molar-refractivity contribution >= 4 is 7.82 Å². The van der Waals surface area contributed by atoms with Crippen molar-refractivity contribution in [2.75, 3.05) is 0 Å². The molecule has 0 heterocycles. The highest BCUT2D eigenvalue weighted by atomic mass is 31.2. The molecule has 1 aromatic rings. The minimum absolute atomic E-state index is 0. The van der Waals surface area contributed by atoms with Gasteiger partial charge in [-0.2, -0.15) is 0 Å². The third-order valence-corrected chi connectivity index (χ3v) is 3.04. The first-order chi connectivity index (χ1) is 9.84. The van der Waals surface area contributed by atoms with Crippen molar-refractivity contribution in [2.24, 2.45) is 0 Å². The number of phenolic OH excluding ortho intramolecular Hbond substituents is 1. The molecule has 1 rings (SSSR count). The van der Waals surface area contributed by atoms with Gasteiger partial charge in [0.2, 0.25) is 0 Å². The van der Waals surface area contributed by atoms with Crippen LogP contribution in [0.15, 0.2) is 24.3 Å². The van der Waals surface area contributed by atoms with Gasteiger partial charge in [0.1, 0.15) is 5.75 Å². The van der Waals surface area contributed by atoms with Gasteiger partial charge in [0, 0.05) is 0 Å². The zero-order chi connectivity index (χ0) is 16.1. The monoisotopic (exact) mass is 369 g/mol. The lowest BCUT2D eigenvalue weighted by molar-refractivity contribution is 0.275. The lowest BCUT2D eigenvalue weighted by Gasteiger charge is -2.04. The number of para-hydroxylation sites is 1. The van der Waals surface area contributed by atoms with Crippen LogP contribution in [0.5, 0.6) is 5.75 Å². The Kier molecular flexibility index (Phi) is 23.6. The maximum absolute atomic E-state index is 9.58. The Bertz CT molecular complexity index is 421. The van der Waals surface area contributed by atoms with Gasteiger partial charge < -0.3 is 38.2 Å². The minimum atomic E-state index is -4.64. The van der Waals surface area contributed by atoms with Crippen molar-refractivity contribution in [1.82, 2.24) is 18.5 Å². The molecule has 0 aliphatic rings. The largest absolute Gasteiger partial charge is 0.508 e. The van der Waals surface area contributed by atoms with Crippen LogP contribution in [0.1, 0.15) is 57.4 Å². The second kappa shape index (κ2) is 18.4. The molecule has 24 heavy (non-hydrogen) atoms. The highest BCUT2D eigenvalue weighted by Gasteiger charge is 2.00. The fourth-order valence-electron chi connectivity index (χ4n) is 1.99. The maximum Gasteiger partial charge on any atom is 0.466 e. The van der Waals surface area contributed by atoms with Crippen molar-refractivity contribution in [3.63, 3.8) is 0 Å². The van der Waals surface area contributed by atoms with Crippen LogP contribution >= 0.6 is 7.82 Å². The number of aromatic hydroxyl groups is 1. The van der Waals surface area contributed by atoms with Crippen LogP contribution in [0.4, 0.5) is 0 Å². The summed E-state index contributed by atoms with van der Waals surface area (Å²) in [5, 5.41) is 9.58. The van der Waals surface area contributed by atoms with E-state index in [1.54, 1.807) is 6.07 Å². The summed E-state index contributed by atoms with van der Waals surface area (Å²) in [7, 11) is -4.64.